The molecule has 0 bridgehead atoms. The molecule has 24 heavy (non-hydrogen) atoms. The van der Waals surface area contributed by atoms with Crippen LogP contribution in [0.4, 0.5) is 5.69 Å². The molecule has 0 saturated heterocycles. The minimum atomic E-state index is -0.652. The average molecular weight is 366 g/mol. The van der Waals surface area contributed by atoms with Gasteiger partial charge in [-0.3, -0.25) is 4.79 Å². The number of nitrogens with zero attached hydrogens (tertiary/aromatic N) is 1. The highest BCUT2D eigenvalue weighted by molar-refractivity contribution is 6.35. The zero-order chi connectivity index (χ0) is 17.5. The molecule has 0 aliphatic heterocycles. The van der Waals surface area contributed by atoms with Gasteiger partial charge in [0.05, 0.1) is 5.02 Å². The van der Waals surface area contributed by atoms with Gasteiger partial charge in [0, 0.05) is 17.3 Å². The molecule has 0 saturated carbocycles. The summed E-state index contributed by atoms with van der Waals surface area (Å²) < 4.78 is 5.76. The predicted octanol–water partition coefficient (Wildman–Crippen LogP) is 5.59. The number of ether oxygens (including phenoxy) is 1. The largest absolute Gasteiger partial charge is 0.479 e. The van der Waals surface area contributed by atoms with Crippen molar-refractivity contribution < 1.29 is 9.53 Å². The van der Waals surface area contributed by atoms with E-state index in [1.807, 2.05) is 30.3 Å². The Bertz CT molecular complexity index is 676. The fourth-order valence-electron chi connectivity index (χ4n) is 2.32. The van der Waals surface area contributed by atoms with E-state index in [2.05, 4.69) is 6.92 Å². The first-order valence-corrected chi connectivity index (χ1v) is 8.76. The van der Waals surface area contributed by atoms with Crippen molar-refractivity contribution in [3.8, 4) is 5.75 Å². The van der Waals surface area contributed by atoms with Gasteiger partial charge in [0.2, 0.25) is 0 Å². The number of anilines is 1. The number of carbonyl (C=O) groups excluding carboxylic acids is 1. The maximum atomic E-state index is 12.9. The number of para-hydroxylation sites is 1. The number of carbonyl (C=O) groups is 1. The van der Waals surface area contributed by atoms with Gasteiger partial charge in [-0.2, -0.15) is 0 Å². The molecule has 2 aromatic rings. The van der Waals surface area contributed by atoms with Crippen LogP contribution in [-0.2, 0) is 4.79 Å². The quantitative estimate of drug-likeness (QED) is 0.639. The lowest BCUT2D eigenvalue weighted by molar-refractivity contribution is -0.124. The van der Waals surface area contributed by atoms with Crippen LogP contribution >= 0.6 is 23.2 Å². The molecule has 2 aromatic carbocycles. The maximum absolute atomic E-state index is 12.9. The van der Waals surface area contributed by atoms with Gasteiger partial charge in [0.1, 0.15) is 5.75 Å². The third-order valence-corrected chi connectivity index (χ3v) is 4.15. The predicted molar refractivity (Wildman–Crippen MR) is 100 cm³/mol. The van der Waals surface area contributed by atoms with Gasteiger partial charge in [0.15, 0.2) is 6.10 Å². The normalized spacial score (nSPS) is 11.8. The standard InChI is InChI=1S/C19H21Cl2NO2/c1-3-4-12-22(16-8-6-5-7-9-16)19(23)14(2)24-18-11-10-15(20)13-17(18)21/h5-11,13-14H,3-4,12H2,1-2H3. The van der Waals surface area contributed by atoms with E-state index in [0.29, 0.717) is 22.3 Å². The van der Waals surface area contributed by atoms with Crippen LogP contribution in [0.1, 0.15) is 26.7 Å². The summed E-state index contributed by atoms with van der Waals surface area (Å²) in [5.74, 6) is 0.353. The summed E-state index contributed by atoms with van der Waals surface area (Å²) in [6.45, 7) is 4.48. The molecular weight excluding hydrogens is 345 g/mol. The SMILES string of the molecule is CCCCN(C(=O)C(C)Oc1ccc(Cl)cc1Cl)c1ccccc1. The van der Waals surface area contributed by atoms with Crippen LogP contribution in [-0.4, -0.2) is 18.6 Å². The van der Waals surface area contributed by atoms with E-state index < -0.39 is 6.10 Å². The molecule has 0 aliphatic rings. The Hall–Kier alpha value is -1.71. The molecule has 2 rings (SSSR count). The zero-order valence-electron chi connectivity index (χ0n) is 13.8. The first-order valence-electron chi connectivity index (χ1n) is 8.01. The van der Waals surface area contributed by atoms with E-state index in [4.69, 9.17) is 27.9 Å². The molecule has 0 heterocycles. The van der Waals surface area contributed by atoms with Crippen LogP contribution in [0.15, 0.2) is 48.5 Å². The van der Waals surface area contributed by atoms with Gasteiger partial charge in [-0.1, -0.05) is 54.7 Å². The Kier molecular flexibility index (Phi) is 6.95. The van der Waals surface area contributed by atoms with E-state index in [1.54, 1.807) is 30.0 Å². The molecule has 0 radical (unpaired) electrons. The highest BCUT2D eigenvalue weighted by Crippen LogP contribution is 2.29. The summed E-state index contributed by atoms with van der Waals surface area (Å²) >= 11 is 12.0. The van der Waals surface area contributed by atoms with Crippen molar-refractivity contribution >= 4 is 34.8 Å². The summed E-state index contributed by atoms with van der Waals surface area (Å²) in [7, 11) is 0. The van der Waals surface area contributed by atoms with Crippen LogP contribution in [0.2, 0.25) is 10.0 Å². The van der Waals surface area contributed by atoms with E-state index in [-0.39, 0.29) is 5.91 Å². The second-order valence-corrected chi connectivity index (χ2v) is 6.36. The van der Waals surface area contributed by atoms with Crippen molar-refractivity contribution in [3.63, 3.8) is 0 Å². The van der Waals surface area contributed by atoms with E-state index in [0.717, 1.165) is 18.5 Å². The molecule has 128 valence electrons. The molecule has 1 amide bonds. The summed E-state index contributed by atoms with van der Waals surface area (Å²) in [4.78, 5) is 14.6. The fourth-order valence-corrected chi connectivity index (χ4v) is 2.77. The number of amides is 1. The number of benzene rings is 2. The number of halogens is 2. The fraction of sp³-hybridized carbons (Fsp3) is 0.316. The van der Waals surface area contributed by atoms with Crippen LogP contribution in [0.5, 0.6) is 5.75 Å². The number of unbranched alkanes of at least 4 members (excludes halogenated alkanes) is 1. The summed E-state index contributed by atoms with van der Waals surface area (Å²) in [6, 6.07) is 14.6. The Labute approximate surface area is 153 Å². The first kappa shape index (κ1) is 18.6. The van der Waals surface area contributed by atoms with E-state index in [1.165, 1.54) is 0 Å². The molecule has 1 unspecified atom stereocenters. The number of hydrogen-bond donors (Lipinski definition) is 0. The van der Waals surface area contributed by atoms with E-state index in [9.17, 15) is 4.79 Å². The van der Waals surface area contributed by atoms with Crippen LogP contribution in [0.3, 0.4) is 0 Å². The second kappa shape index (κ2) is 8.95. The third-order valence-electron chi connectivity index (χ3n) is 3.61. The molecule has 5 heteroatoms. The maximum Gasteiger partial charge on any atom is 0.267 e. The van der Waals surface area contributed by atoms with Crippen molar-refractivity contribution in [2.45, 2.75) is 32.8 Å². The summed E-state index contributed by atoms with van der Waals surface area (Å²) in [5.41, 5.74) is 0.869. The lowest BCUT2D eigenvalue weighted by Gasteiger charge is -2.26. The lowest BCUT2D eigenvalue weighted by atomic mass is 10.2. The molecule has 0 N–H and O–H groups in total. The third kappa shape index (κ3) is 4.89. The van der Waals surface area contributed by atoms with Crippen molar-refractivity contribution in [3.05, 3.63) is 58.6 Å². The highest BCUT2D eigenvalue weighted by atomic mass is 35.5. The summed E-state index contributed by atoms with van der Waals surface area (Å²) in [5, 5.41) is 0.919. The van der Waals surface area contributed by atoms with Crippen LogP contribution in [0, 0.1) is 0 Å². The first-order chi connectivity index (χ1) is 11.5. The molecular formula is C19H21Cl2NO2. The van der Waals surface area contributed by atoms with Crippen molar-refractivity contribution in [1.82, 2.24) is 0 Å². The van der Waals surface area contributed by atoms with Gasteiger partial charge in [-0.25, -0.2) is 0 Å². The van der Waals surface area contributed by atoms with Crippen molar-refractivity contribution in [1.29, 1.82) is 0 Å². The highest BCUT2D eigenvalue weighted by Gasteiger charge is 2.23. The zero-order valence-corrected chi connectivity index (χ0v) is 15.3. The van der Waals surface area contributed by atoms with Crippen molar-refractivity contribution in [2.24, 2.45) is 0 Å². The summed E-state index contributed by atoms with van der Waals surface area (Å²) in [6.07, 6.45) is 1.28. The van der Waals surface area contributed by atoms with Crippen molar-refractivity contribution in [2.75, 3.05) is 11.4 Å². The van der Waals surface area contributed by atoms with E-state index >= 15 is 0 Å². The Balaban J connectivity index is 2.15. The topological polar surface area (TPSA) is 29.5 Å². The Morgan fingerprint density at radius 2 is 1.88 bits per heavy atom. The number of hydrogen-bond acceptors (Lipinski definition) is 2. The average Bonchev–Trinajstić information content (AvgIpc) is 2.58. The smallest absolute Gasteiger partial charge is 0.267 e. The molecule has 3 nitrogen and oxygen atoms in total. The number of rotatable bonds is 7. The minimum Gasteiger partial charge on any atom is -0.479 e. The molecule has 0 aliphatic carbocycles. The minimum absolute atomic E-state index is 0.0966. The molecule has 0 spiro atoms. The van der Waals surface area contributed by atoms with Crippen LogP contribution in [0.25, 0.3) is 0 Å². The molecule has 0 fully saturated rings. The Morgan fingerprint density at radius 1 is 1.17 bits per heavy atom. The van der Waals surface area contributed by atoms with Crippen LogP contribution < -0.4 is 9.64 Å². The molecule has 0 aromatic heterocycles. The van der Waals surface area contributed by atoms with Gasteiger partial charge in [-0.15, -0.1) is 0 Å². The van der Waals surface area contributed by atoms with Gasteiger partial charge in [-0.05, 0) is 43.7 Å². The second-order valence-electron chi connectivity index (χ2n) is 5.51. The van der Waals surface area contributed by atoms with Gasteiger partial charge >= 0.3 is 0 Å². The monoisotopic (exact) mass is 365 g/mol. The molecule has 1 atom stereocenters. The Morgan fingerprint density at radius 3 is 2.50 bits per heavy atom. The van der Waals surface area contributed by atoms with Gasteiger partial charge < -0.3 is 9.64 Å². The lowest BCUT2D eigenvalue weighted by Crippen LogP contribution is -2.41. The van der Waals surface area contributed by atoms with Gasteiger partial charge in [0.25, 0.3) is 5.91 Å².